The van der Waals surface area contributed by atoms with Gasteiger partial charge in [0, 0.05) is 31.6 Å². The van der Waals surface area contributed by atoms with Gasteiger partial charge >= 0.3 is 12.1 Å². The standard InChI is InChI=1S/C22H27F3N2O/c1-15-3-2-11-26(15)12-10-16-4-6-17(7-5-16)19-9-8-18-13-27(14-20(18)19)21(28)22(23,24)25/h4-8,15,19-20H,2-3,9-14H2,1H3. The molecule has 3 nitrogen and oxygen atoms in total. The van der Waals surface area contributed by atoms with E-state index in [4.69, 9.17) is 0 Å². The molecule has 0 saturated carbocycles. The summed E-state index contributed by atoms with van der Waals surface area (Å²) in [4.78, 5) is 15.0. The van der Waals surface area contributed by atoms with Crippen molar-refractivity contribution in [2.75, 3.05) is 26.2 Å². The van der Waals surface area contributed by atoms with Crippen LogP contribution in [0.15, 0.2) is 35.9 Å². The molecule has 1 aromatic rings. The fourth-order valence-electron chi connectivity index (χ4n) is 5.03. The van der Waals surface area contributed by atoms with E-state index in [9.17, 15) is 18.0 Å². The van der Waals surface area contributed by atoms with E-state index in [1.165, 1.54) is 24.9 Å². The first kappa shape index (κ1) is 19.5. The van der Waals surface area contributed by atoms with Crippen LogP contribution in [0.4, 0.5) is 13.2 Å². The number of carbonyl (C=O) groups excluding carboxylic acids is 1. The highest BCUT2D eigenvalue weighted by Gasteiger charge is 2.47. The van der Waals surface area contributed by atoms with Crippen molar-refractivity contribution in [2.45, 2.75) is 50.7 Å². The smallest absolute Gasteiger partial charge is 0.330 e. The van der Waals surface area contributed by atoms with Gasteiger partial charge in [0.2, 0.25) is 0 Å². The molecule has 2 saturated heterocycles. The maximum Gasteiger partial charge on any atom is 0.471 e. The molecule has 3 atom stereocenters. The van der Waals surface area contributed by atoms with Crippen LogP contribution >= 0.6 is 0 Å². The number of carbonyl (C=O) groups is 1. The van der Waals surface area contributed by atoms with Crippen molar-refractivity contribution in [2.24, 2.45) is 5.92 Å². The van der Waals surface area contributed by atoms with E-state index in [2.05, 4.69) is 36.1 Å². The van der Waals surface area contributed by atoms with Crippen LogP contribution in [0.1, 0.15) is 43.2 Å². The number of allylic oxidation sites excluding steroid dienone is 1. The number of rotatable bonds is 4. The zero-order valence-electron chi connectivity index (χ0n) is 16.2. The number of halogens is 3. The Morgan fingerprint density at radius 3 is 2.57 bits per heavy atom. The molecule has 1 amide bonds. The summed E-state index contributed by atoms with van der Waals surface area (Å²) in [6.45, 7) is 4.83. The summed E-state index contributed by atoms with van der Waals surface area (Å²) in [6.07, 6.45) is 1.68. The highest BCUT2D eigenvalue weighted by Crippen LogP contribution is 2.44. The quantitative estimate of drug-likeness (QED) is 0.719. The van der Waals surface area contributed by atoms with Crippen LogP contribution in [-0.2, 0) is 11.2 Å². The maximum absolute atomic E-state index is 12.7. The van der Waals surface area contributed by atoms with E-state index < -0.39 is 12.1 Å². The van der Waals surface area contributed by atoms with Crippen LogP contribution in [0.2, 0.25) is 0 Å². The van der Waals surface area contributed by atoms with Crippen molar-refractivity contribution in [1.82, 2.24) is 9.80 Å². The predicted molar refractivity (Wildman–Crippen MR) is 102 cm³/mol. The van der Waals surface area contributed by atoms with Gasteiger partial charge < -0.3 is 9.80 Å². The number of fused-ring (bicyclic) bond motifs is 1. The second kappa shape index (κ2) is 7.54. The van der Waals surface area contributed by atoms with Gasteiger partial charge in [0.05, 0.1) is 0 Å². The summed E-state index contributed by atoms with van der Waals surface area (Å²) < 4.78 is 38.2. The molecule has 2 aliphatic heterocycles. The number of hydrogen-bond acceptors (Lipinski definition) is 2. The molecule has 6 heteroatoms. The molecule has 0 spiro atoms. The van der Waals surface area contributed by atoms with Gasteiger partial charge in [0.15, 0.2) is 0 Å². The molecule has 3 unspecified atom stereocenters. The summed E-state index contributed by atoms with van der Waals surface area (Å²) >= 11 is 0. The first-order valence-corrected chi connectivity index (χ1v) is 10.2. The minimum Gasteiger partial charge on any atom is -0.330 e. The predicted octanol–water partition coefficient (Wildman–Crippen LogP) is 4.15. The maximum atomic E-state index is 12.7. The number of hydrogen-bond donors (Lipinski definition) is 0. The number of nitrogens with zero attached hydrogens (tertiary/aromatic N) is 2. The number of amides is 1. The lowest BCUT2D eigenvalue weighted by molar-refractivity contribution is -0.184. The van der Waals surface area contributed by atoms with Crippen molar-refractivity contribution >= 4 is 5.91 Å². The Balaban J connectivity index is 1.37. The Bertz CT molecular complexity index is 756. The molecule has 2 fully saturated rings. The lowest BCUT2D eigenvalue weighted by atomic mass is 9.86. The van der Waals surface area contributed by atoms with Gasteiger partial charge in [0.1, 0.15) is 0 Å². The molecule has 4 rings (SSSR count). The Morgan fingerprint density at radius 1 is 1.18 bits per heavy atom. The van der Waals surface area contributed by atoms with E-state index >= 15 is 0 Å². The fourth-order valence-corrected chi connectivity index (χ4v) is 5.03. The SMILES string of the molecule is CC1CCCN1CCc1ccc(C2CC=C3CN(C(=O)C(F)(F)F)CC32)cc1. The molecule has 2 heterocycles. The van der Waals surface area contributed by atoms with E-state index in [1.54, 1.807) is 0 Å². The Kier molecular flexibility index (Phi) is 5.25. The lowest BCUT2D eigenvalue weighted by Crippen LogP contribution is -2.40. The van der Waals surface area contributed by atoms with Crippen molar-refractivity contribution in [3.63, 3.8) is 0 Å². The van der Waals surface area contributed by atoms with Crippen LogP contribution in [0, 0.1) is 5.92 Å². The van der Waals surface area contributed by atoms with Gasteiger partial charge in [-0.3, -0.25) is 4.79 Å². The first-order chi connectivity index (χ1) is 13.3. The van der Waals surface area contributed by atoms with E-state index in [0.717, 1.165) is 35.4 Å². The largest absolute Gasteiger partial charge is 0.471 e. The highest BCUT2D eigenvalue weighted by molar-refractivity contribution is 5.82. The fraction of sp³-hybridized carbons (Fsp3) is 0.591. The summed E-state index contributed by atoms with van der Waals surface area (Å²) in [6, 6.07) is 9.23. The van der Waals surface area contributed by atoms with E-state index in [0.29, 0.717) is 6.04 Å². The van der Waals surface area contributed by atoms with Gasteiger partial charge in [0.25, 0.3) is 0 Å². The van der Waals surface area contributed by atoms with Crippen LogP contribution in [0.25, 0.3) is 0 Å². The zero-order chi connectivity index (χ0) is 19.9. The highest BCUT2D eigenvalue weighted by atomic mass is 19.4. The second-order valence-corrected chi connectivity index (χ2v) is 8.43. The van der Waals surface area contributed by atoms with Crippen LogP contribution in [0.5, 0.6) is 0 Å². The molecule has 0 radical (unpaired) electrons. The molecule has 0 bridgehead atoms. The van der Waals surface area contributed by atoms with Crippen LogP contribution in [0.3, 0.4) is 0 Å². The molecule has 28 heavy (non-hydrogen) atoms. The van der Waals surface area contributed by atoms with Crippen LogP contribution in [-0.4, -0.2) is 54.1 Å². The van der Waals surface area contributed by atoms with Crippen molar-refractivity contribution in [1.29, 1.82) is 0 Å². The molecule has 3 aliphatic rings. The first-order valence-electron chi connectivity index (χ1n) is 10.2. The minimum atomic E-state index is -4.79. The Hall–Kier alpha value is -1.82. The van der Waals surface area contributed by atoms with E-state index in [-0.39, 0.29) is 24.9 Å². The van der Waals surface area contributed by atoms with Crippen LogP contribution < -0.4 is 0 Å². The molecular formula is C22H27F3N2O. The zero-order valence-corrected chi connectivity index (χ0v) is 16.2. The molecule has 1 aromatic carbocycles. The molecule has 0 N–H and O–H groups in total. The summed E-state index contributed by atoms with van der Waals surface area (Å²) in [5.74, 6) is -1.52. The summed E-state index contributed by atoms with van der Waals surface area (Å²) in [7, 11) is 0. The second-order valence-electron chi connectivity index (χ2n) is 8.43. The topological polar surface area (TPSA) is 23.6 Å². The summed E-state index contributed by atoms with van der Waals surface area (Å²) in [5, 5.41) is 0. The van der Waals surface area contributed by atoms with Gasteiger partial charge in [-0.1, -0.05) is 30.3 Å². The van der Waals surface area contributed by atoms with Gasteiger partial charge in [-0.05, 0) is 61.8 Å². The Labute approximate surface area is 164 Å². The summed E-state index contributed by atoms with van der Waals surface area (Å²) in [5.41, 5.74) is 3.44. The third kappa shape index (κ3) is 3.84. The number of benzene rings is 1. The van der Waals surface area contributed by atoms with Gasteiger partial charge in [-0.25, -0.2) is 0 Å². The average molecular weight is 392 g/mol. The normalized spacial score (nSPS) is 27.9. The molecule has 0 aromatic heterocycles. The van der Waals surface area contributed by atoms with Gasteiger partial charge in [-0.15, -0.1) is 0 Å². The Morgan fingerprint density at radius 2 is 1.93 bits per heavy atom. The molecule has 152 valence electrons. The lowest BCUT2D eigenvalue weighted by Gasteiger charge is -2.22. The average Bonchev–Trinajstić information content (AvgIpc) is 3.34. The molecular weight excluding hydrogens is 365 g/mol. The van der Waals surface area contributed by atoms with Crippen molar-refractivity contribution < 1.29 is 18.0 Å². The van der Waals surface area contributed by atoms with Gasteiger partial charge in [-0.2, -0.15) is 13.2 Å². The third-order valence-corrected chi connectivity index (χ3v) is 6.70. The monoisotopic (exact) mass is 392 g/mol. The van der Waals surface area contributed by atoms with Crippen molar-refractivity contribution in [3.8, 4) is 0 Å². The number of alkyl halides is 3. The van der Waals surface area contributed by atoms with E-state index in [1.807, 2.05) is 6.08 Å². The molecule has 1 aliphatic carbocycles. The van der Waals surface area contributed by atoms with Crippen molar-refractivity contribution in [3.05, 3.63) is 47.0 Å². The number of likely N-dealkylation sites (tertiary alicyclic amines) is 2. The third-order valence-electron chi connectivity index (χ3n) is 6.70. The minimum absolute atomic E-state index is 0.0163.